The fourth-order valence-electron chi connectivity index (χ4n) is 2.96. The maximum atomic E-state index is 13.2. The number of ether oxygens (including phenoxy) is 1. The van der Waals surface area contributed by atoms with Crippen molar-refractivity contribution in [2.75, 3.05) is 7.11 Å². The highest BCUT2D eigenvalue weighted by atomic mass is 127. The summed E-state index contributed by atoms with van der Waals surface area (Å²) in [5.41, 5.74) is 1.60. The summed E-state index contributed by atoms with van der Waals surface area (Å²) in [4.78, 5) is 0. The second-order valence-corrected chi connectivity index (χ2v) is 7.10. The molecule has 4 rings (SSSR count). The molecule has 80 valence electrons. The van der Waals surface area contributed by atoms with Crippen LogP contribution >= 0.6 is 22.6 Å². The van der Waals surface area contributed by atoms with Gasteiger partial charge >= 0.3 is 0 Å². The van der Waals surface area contributed by atoms with Crippen LogP contribution in [0.5, 0.6) is 5.75 Å². The van der Waals surface area contributed by atoms with Gasteiger partial charge in [-0.25, -0.2) is 4.39 Å². The van der Waals surface area contributed by atoms with E-state index in [1.165, 1.54) is 38.0 Å². The van der Waals surface area contributed by atoms with Crippen molar-refractivity contribution in [1.82, 2.24) is 0 Å². The van der Waals surface area contributed by atoms with Gasteiger partial charge in [0.25, 0.3) is 0 Å². The van der Waals surface area contributed by atoms with Gasteiger partial charge in [0.15, 0.2) is 11.6 Å². The zero-order valence-corrected chi connectivity index (χ0v) is 10.7. The molecule has 1 aromatic carbocycles. The number of hydrogen-bond acceptors (Lipinski definition) is 1. The lowest BCUT2D eigenvalue weighted by molar-refractivity contribution is 0.0218. The molecular formula is C12H12FIO. The summed E-state index contributed by atoms with van der Waals surface area (Å²) in [5, 5.41) is 0. The summed E-state index contributed by atoms with van der Waals surface area (Å²) < 4.78 is 18.8. The van der Waals surface area contributed by atoms with Gasteiger partial charge in [-0.2, -0.15) is 0 Å². The monoisotopic (exact) mass is 318 g/mol. The molecule has 0 heterocycles. The smallest absolute Gasteiger partial charge is 0.165 e. The van der Waals surface area contributed by atoms with Crippen molar-refractivity contribution in [1.29, 1.82) is 0 Å². The Morgan fingerprint density at radius 1 is 1.33 bits per heavy atom. The van der Waals surface area contributed by atoms with Crippen molar-refractivity contribution in [3.05, 3.63) is 29.6 Å². The van der Waals surface area contributed by atoms with E-state index in [2.05, 4.69) is 22.6 Å². The molecule has 0 saturated heterocycles. The van der Waals surface area contributed by atoms with Crippen molar-refractivity contribution in [3.8, 4) is 5.75 Å². The first kappa shape index (κ1) is 9.87. The normalized spacial score (nSPS) is 36.7. The summed E-state index contributed by atoms with van der Waals surface area (Å²) in [6.45, 7) is 0. The molecule has 3 saturated carbocycles. The molecular weight excluding hydrogens is 306 g/mol. The van der Waals surface area contributed by atoms with E-state index in [1.807, 2.05) is 12.1 Å². The fraction of sp³-hybridized carbons (Fsp3) is 0.500. The lowest BCUT2D eigenvalue weighted by Gasteiger charge is -2.68. The third-order valence-electron chi connectivity index (χ3n) is 3.73. The van der Waals surface area contributed by atoms with Crippen LogP contribution in [-0.2, 0) is 5.41 Å². The van der Waals surface area contributed by atoms with Gasteiger partial charge in [0.2, 0.25) is 0 Å². The van der Waals surface area contributed by atoms with Gasteiger partial charge in [-0.1, -0.05) is 28.7 Å². The maximum absolute atomic E-state index is 13.2. The molecule has 15 heavy (non-hydrogen) atoms. The molecule has 3 fully saturated rings. The first-order chi connectivity index (χ1) is 7.07. The number of rotatable bonds is 2. The van der Waals surface area contributed by atoms with Crippen LogP contribution in [0.1, 0.15) is 24.8 Å². The molecule has 0 aliphatic heterocycles. The Bertz CT molecular complexity index is 410. The molecule has 2 bridgehead atoms. The third-order valence-corrected chi connectivity index (χ3v) is 4.87. The van der Waals surface area contributed by atoms with Crippen LogP contribution in [0.3, 0.4) is 0 Å². The fourth-order valence-corrected chi connectivity index (χ4v) is 5.15. The predicted molar refractivity (Wildman–Crippen MR) is 65.2 cm³/mol. The molecule has 0 atom stereocenters. The minimum absolute atomic E-state index is 0.267. The highest BCUT2D eigenvalue weighted by molar-refractivity contribution is 14.1. The molecule has 3 aliphatic rings. The second-order valence-electron chi connectivity index (χ2n) is 4.81. The first-order valence-corrected chi connectivity index (χ1v) is 6.18. The average molecular weight is 318 g/mol. The molecule has 3 heteroatoms. The van der Waals surface area contributed by atoms with Crippen molar-refractivity contribution < 1.29 is 9.13 Å². The van der Waals surface area contributed by atoms with Gasteiger partial charge in [0.05, 0.1) is 7.11 Å². The van der Waals surface area contributed by atoms with E-state index in [4.69, 9.17) is 4.74 Å². The highest BCUT2D eigenvalue weighted by Crippen LogP contribution is 2.72. The van der Waals surface area contributed by atoms with E-state index in [-0.39, 0.29) is 5.82 Å². The van der Waals surface area contributed by atoms with E-state index < -0.39 is 0 Å². The minimum atomic E-state index is -0.267. The van der Waals surface area contributed by atoms with Gasteiger partial charge in [-0.15, -0.1) is 0 Å². The van der Waals surface area contributed by atoms with Crippen LogP contribution in [0, 0.1) is 5.82 Å². The van der Waals surface area contributed by atoms with Gasteiger partial charge in [-0.05, 0) is 42.4 Å². The molecule has 0 amide bonds. The molecule has 1 nitrogen and oxygen atoms in total. The van der Waals surface area contributed by atoms with Crippen molar-refractivity contribution in [2.24, 2.45) is 0 Å². The predicted octanol–water partition coefficient (Wildman–Crippen LogP) is 3.44. The van der Waals surface area contributed by atoms with Crippen LogP contribution in [0.4, 0.5) is 4.39 Å². The SMILES string of the molecule is COc1cc(C23CC(I)(C2)C3)ccc1F. The second kappa shape index (κ2) is 2.87. The Balaban J connectivity index is 1.94. The quantitative estimate of drug-likeness (QED) is 0.599. The largest absolute Gasteiger partial charge is 0.494 e. The van der Waals surface area contributed by atoms with Crippen LogP contribution in [0.15, 0.2) is 18.2 Å². The summed E-state index contributed by atoms with van der Waals surface area (Å²) in [6.07, 6.45) is 3.74. The summed E-state index contributed by atoms with van der Waals surface area (Å²) in [7, 11) is 1.52. The summed E-state index contributed by atoms with van der Waals surface area (Å²) >= 11 is 2.55. The maximum Gasteiger partial charge on any atom is 0.165 e. The Morgan fingerprint density at radius 3 is 2.53 bits per heavy atom. The topological polar surface area (TPSA) is 9.23 Å². The number of alkyl halides is 1. The first-order valence-electron chi connectivity index (χ1n) is 5.10. The van der Waals surface area contributed by atoms with Gasteiger partial charge in [0, 0.05) is 3.42 Å². The minimum Gasteiger partial charge on any atom is -0.494 e. The van der Waals surface area contributed by atoms with Crippen LogP contribution in [-0.4, -0.2) is 10.5 Å². The standard InChI is InChI=1S/C12H12FIO/c1-15-10-4-8(2-3-9(10)13)11-5-12(14,6-11)7-11/h2-4H,5-7H2,1H3. The van der Waals surface area contributed by atoms with Crippen molar-refractivity contribution in [2.45, 2.75) is 28.1 Å². The van der Waals surface area contributed by atoms with E-state index in [9.17, 15) is 4.39 Å². The van der Waals surface area contributed by atoms with Crippen LogP contribution < -0.4 is 4.74 Å². The van der Waals surface area contributed by atoms with Gasteiger partial charge in [0.1, 0.15) is 0 Å². The van der Waals surface area contributed by atoms with Crippen LogP contribution in [0.2, 0.25) is 0 Å². The van der Waals surface area contributed by atoms with Crippen LogP contribution in [0.25, 0.3) is 0 Å². The number of halogens is 2. The van der Waals surface area contributed by atoms with Gasteiger partial charge < -0.3 is 4.74 Å². The molecule has 0 radical (unpaired) electrons. The summed E-state index contributed by atoms with van der Waals surface area (Å²) in [5.74, 6) is 0.108. The number of methoxy groups -OCH3 is 1. The Labute approximate surface area is 102 Å². The summed E-state index contributed by atoms with van der Waals surface area (Å²) in [6, 6.07) is 5.30. The molecule has 0 N–H and O–H groups in total. The van der Waals surface area contributed by atoms with Crippen molar-refractivity contribution in [3.63, 3.8) is 0 Å². The number of benzene rings is 1. The molecule has 0 unspecified atom stereocenters. The Morgan fingerprint density at radius 2 is 2.00 bits per heavy atom. The van der Waals surface area contributed by atoms with Gasteiger partial charge in [-0.3, -0.25) is 0 Å². The molecule has 0 spiro atoms. The highest BCUT2D eigenvalue weighted by Gasteiger charge is 2.67. The molecule has 3 aliphatic carbocycles. The number of hydrogen-bond donors (Lipinski definition) is 0. The lowest BCUT2D eigenvalue weighted by Crippen LogP contribution is -2.65. The Hall–Kier alpha value is -0.320. The zero-order chi connectivity index (χ0) is 10.7. The lowest BCUT2D eigenvalue weighted by atomic mass is 9.42. The Kier molecular flexibility index (Phi) is 1.89. The molecule has 0 aromatic heterocycles. The molecule has 1 aromatic rings. The van der Waals surface area contributed by atoms with E-state index in [0.29, 0.717) is 14.6 Å². The van der Waals surface area contributed by atoms with Crippen molar-refractivity contribution >= 4 is 22.6 Å². The zero-order valence-electron chi connectivity index (χ0n) is 8.52. The van der Waals surface area contributed by atoms with E-state index in [1.54, 1.807) is 0 Å². The van der Waals surface area contributed by atoms with E-state index >= 15 is 0 Å². The average Bonchev–Trinajstić information content (AvgIpc) is 2.13. The van der Waals surface area contributed by atoms with E-state index in [0.717, 1.165) is 0 Å². The third kappa shape index (κ3) is 1.25.